The molecule has 2 amide bonds. The van der Waals surface area contributed by atoms with E-state index in [4.69, 9.17) is 0 Å². The van der Waals surface area contributed by atoms with E-state index >= 15 is 0 Å². The van der Waals surface area contributed by atoms with Gasteiger partial charge in [-0.05, 0) is 31.2 Å². The van der Waals surface area contributed by atoms with Gasteiger partial charge in [0.15, 0.2) is 0 Å². The Morgan fingerprint density at radius 3 is 2.50 bits per heavy atom. The molecule has 0 radical (unpaired) electrons. The van der Waals surface area contributed by atoms with E-state index in [1.54, 1.807) is 12.1 Å². The Kier molecular flexibility index (Phi) is 2.09. The number of amides is 2. The van der Waals surface area contributed by atoms with Crippen molar-refractivity contribution in [3.63, 3.8) is 0 Å². The molecule has 1 atom stereocenters. The van der Waals surface area contributed by atoms with Gasteiger partial charge in [0.2, 0.25) is 0 Å². The lowest BCUT2D eigenvalue weighted by molar-refractivity contribution is 0.250. The number of carbonyl (C=O) groups is 1. The van der Waals surface area contributed by atoms with Crippen molar-refractivity contribution in [1.29, 1.82) is 0 Å². The lowest BCUT2D eigenvalue weighted by Gasteiger charge is -2.18. The summed E-state index contributed by atoms with van der Waals surface area (Å²) in [5.74, 6) is -0.311. The number of carbonyl (C=O) groups excluding carboxylic acids is 1. The second-order valence-corrected chi connectivity index (χ2v) is 3.10. The van der Waals surface area contributed by atoms with E-state index in [0.717, 1.165) is 0 Å². The van der Waals surface area contributed by atoms with Crippen molar-refractivity contribution in [2.24, 2.45) is 0 Å². The molecular formula is C9H10FN3O. The lowest BCUT2D eigenvalue weighted by Crippen LogP contribution is -2.34. The summed E-state index contributed by atoms with van der Waals surface area (Å²) < 4.78 is 12.6. The number of rotatable bonds is 1. The zero-order chi connectivity index (χ0) is 10.1. The van der Waals surface area contributed by atoms with Crippen LogP contribution < -0.4 is 15.8 Å². The number of anilines is 1. The van der Waals surface area contributed by atoms with Crippen molar-refractivity contribution in [1.82, 2.24) is 10.9 Å². The molecule has 1 aliphatic rings. The number of urea groups is 1. The minimum Gasteiger partial charge on any atom is -0.276 e. The topological polar surface area (TPSA) is 44.4 Å². The largest absolute Gasteiger partial charge is 0.337 e. The van der Waals surface area contributed by atoms with Crippen LogP contribution >= 0.6 is 0 Å². The van der Waals surface area contributed by atoms with Crippen LogP contribution in [-0.2, 0) is 0 Å². The van der Waals surface area contributed by atoms with Gasteiger partial charge < -0.3 is 0 Å². The van der Waals surface area contributed by atoms with Crippen molar-refractivity contribution in [2.45, 2.75) is 13.1 Å². The van der Waals surface area contributed by atoms with Crippen LogP contribution in [0.25, 0.3) is 0 Å². The zero-order valence-electron chi connectivity index (χ0n) is 7.62. The van der Waals surface area contributed by atoms with Gasteiger partial charge >= 0.3 is 6.03 Å². The summed E-state index contributed by atoms with van der Waals surface area (Å²) in [5.41, 5.74) is 5.91. The van der Waals surface area contributed by atoms with Crippen LogP contribution in [0.4, 0.5) is 14.9 Å². The van der Waals surface area contributed by atoms with E-state index in [2.05, 4.69) is 10.9 Å². The van der Waals surface area contributed by atoms with E-state index < -0.39 is 0 Å². The summed E-state index contributed by atoms with van der Waals surface area (Å²) in [7, 11) is 0. The van der Waals surface area contributed by atoms with E-state index in [-0.39, 0.29) is 18.0 Å². The highest BCUT2D eigenvalue weighted by molar-refractivity contribution is 5.93. The molecule has 0 saturated carbocycles. The molecule has 0 bridgehead atoms. The second-order valence-electron chi connectivity index (χ2n) is 3.10. The van der Waals surface area contributed by atoms with Crippen molar-refractivity contribution in [2.75, 3.05) is 4.90 Å². The molecule has 1 fully saturated rings. The first-order valence-electron chi connectivity index (χ1n) is 4.29. The predicted molar refractivity (Wildman–Crippen MR) is 50.0 cm³/mol. The second kappa shape index (κ2) is 3.26. The molecule has 4 nitrogen and oxygen atoms in total. The molecule has 0 spiro atoms. The first-order chi connectivity index (χ1) is 6.68. The number of nitrogens with zero attached hydrogens (tertiary/aromatic N) is 1. The molecule has 0 aliphatic carbocycles. The molecule has 14 heavy (non-hydrogen) atoms. The summed E-state index contributed by atoms with van der Waals surface area (Å²) in [6.07, 6.45) is -0.132. The summed E-state index contributed by atoms with van der Waals surface area (Å²) >= 11 is 0. The van der Waals surface area contributed by atoms with Gasteiger partial charge in [0, 0.05) is 5.69 Å². The summed E-state index contributed by atoms with van der Waals surface area (Å²) in [5, 5.41) is 0. The Bertz CT molecular complexity index is 352. The minimum absolute atomic E-state index is 0.132. The predicted octanol–water partition coefficient (Wildman–Crippen LogP) is 1.21. The van der Waals surface area contributed by atoms with Crippen LogP contribution in [0.15, 0.2) is 24.3 Å². The van der Waals surface area contributed by atoms with Crippen LogP contribution in [0.2, 0.25) is 0 Å². The molecule has 0 aromatic heterocycles. The van der Waals surface area contributed by atoms with Crippen LogP contribution in [0, 0.1) is 5.82 Å². The van der Waals surface area contributed by atoms with E-state index in [9.17, 15) is 9.18 Å². The quantitative estimate of drug-likeness (QED) is 0.707. The molecule has 2 N–H and O–H groups in total. The zero-order valence-corrected chi connectivity index (χ0v) is 7.62. The fourth-order valence-electron chi connectivity index (χ4n) is 1.41. The Labute approximate surface area is 80.7 Å². The normalized spacial score (nSPS) is 21.1. The number of hydrogen-bond acceptors (Lipinski definition) is 2. The Morgan fingerprint density at radius 1 is 1.36 bits per heavy atom. The Hall–Kier alpha value is -1.62. The van der Waals surface area contributed by atoms with Crippen molar-refractivity contribution >= 4 is 11.7 Å². The molecule has 1 saturated heterocycles. The third-order valence-corrected chi connectivity index (χ3v) is 2.10. The average Bonchev–Trinajstić information content (AvgIpc) is 2.49. The smallest absolute Gasteiger partial charge is 0.276 e. The van der Waals surface area contributed by atoms with Crippen LogP contribution in [-0.4, -0.2) is 12.2 Å². The summed E-state index contributed by atoms with van der Waals surface area (Å²) in [6.45, 7) is 1.83. The first-order valence-corrected chi connectivity index (χ1v) is 4.29. The number of halogens is 1. The maximum atomic E-state index is 12.6. The van der Waals surface area contributed by atoms with E-state index in [1.807, 2.05) is 6.92 Å². The maximum Gasteiger partial charge on any atom is 0.337 e. The number of hydrazine groups is 1. The molecule has 1 heterocycles. The standard InChI is InChI=1S/C9H10FN3O/c1-6-11-12-9(14)13(6)8-4-2-7(10)3-5-8/h2-6,11H,1H3,(H,12,14). The average molecular weight is 195 g/mol. The summed E-state index contributed by atoms with van der Waals surface area (Å²) in [4.78, 5) is 12.8. The highest BCUT2D eigenvalue weighted by Crippen LogP contribution is 2.18. The van der Waals surface area contributed by atoms with E-state index in [0.29, 0.717) is 5.69 Å². The number of nitrogens with one attached hydrogen (secondary N) is 2. The minimum atomic E-state index is -0.311. The lowest BCUT2D eigenvalue weighted by atomic mass is 10.3. The third-order valence-electron chi connectivity index (χ3n) is 2.10. The molecule has 1 aromatic carbocycles. The van der Waals surface area contributed by atoms with Gasteiger partial charge in [-0.15, -0.1) is 0 Å². The van der Waals surface area contributed by atoms with Gasteiger partial charge in [-0.25, -0.2) is 14.6 Å². The summed E-state index contributed by atoms with van der Waals surface area (Å²) in [6, 6.07) is 5.56. The van der Waals surface area contributed by atoms with E-state index in [1.165, 1.54) is 17.0 Å². The molecule has 5 heteroatoms. The molecule has 74 valence electrons. The van der Waals surface area contributed by atoms with Gasteiger partial charge in [0.25, 0.3) is 0 Å². The van der Waals surface area contributed by atoms with Gasteiger partial charge in [-0.1, -0.05) is 0 Å². The fraction of sp³-hybridized carbons (Fsp3) is 0.222. The third kappa shape index (κ3) is 1.42. The molecule has 1 unspecified atom stereocenters. The highest BCUT2D eigenvalue weighted by Gasteiger charge is 2.27. The Morgan fingerprint density at radius 2 is 2.00 bits per heavy atom. The molecule has 1 aliphatic heterocycles. The van der Waals surface area contributed by atoms with Gasteiger partial charge in [-0.3, -0.25) is 10.3 Å². The van der Waals surface area contributed by atoms with Crippen LogP contribution in [0.1, 0.15) is 6.92 Å². The van der Waals surface area contributed by atoms with Crippen LogP contribution in [0.5, 0.6) is 0 Å². The van der Waals surface area contributed by atoms with Crippen molar-refractivity contribution in [3.05, 3.63) is 30.1 Å². The number of hydrogen-bond donors (Lipinski definition) is 2. The SMILES string of the molecule is CC1NNC(=O)N1c1ccc(F)cc1. The fourth-order valence-corrected chi connectivity index (χ4v) is 1.41. The van der Waals surface area contributed by atoms with Crippen LogP contribution in [0.3, 0.4) is 0 Å². The van der Waals surface area contributed by atoms with Gasteiger partial charge in [-0.2, -0.15) is 0 Å². The number of benzene rings is 1. The molecule has 1 aromatic rings. The molecular weight excluding hydrogens is 185 g/mol. The Balaban J connectivity index is 2.30. The molecule has 2 rings (SSSR count). The monoisotopic (exact) mass is 195 g/mol. The highest BCUT2D eigenvalue weighted by atomic mass is 19.1. The maximum absolute atomic E-state index is 12.6. The van der Waals surface area contributed by atoms with Crippen molar-refractivity contribution < 1.29 is 9.18 Å². The van der Waals surface area contributed by atoms with Gasteiger partial charge in [0.1, 0.15) is 12.0 Å². The van der Waals surface area contributed by atoms with Crippen molar-refractivity contribution in [3.8, 4) is 0 Å². The first kappa shape index (κ1) is 8.96. The van der Waals surface area contributed by atoms with Gasteiger partial charge in [0.05, 0.1) is 0 Å².